The molecule has 16 heteroatoms. The van der Waals surface area contributed by atoms with Gasteiger partial charge in [0.05, 0.1) is 23.2 Å². The van der Waals surface area contributed by atoms with Gasteiger partial charge in [0, 0.05) is 41.3 Å². The van der Waals surface area contributed by atoms with Crippen molar-refractivity contribution in [2.45, 2.75) is 26.4 Å². The highest BCUT2D eigenvalue weighted by molar-refractivity contribution is 14.3. The third-order valence-electron chi connectivity index (χ3n) is 4.38. The van der Waals surface area contributed by atoms with Crippen molar-refractivity contribution < 1.29 is 26.4 Å². The molecule has 3 N–H and O–H groups in total. The number of thiophene rings is 1. The van der Waals surface area contributed by atoms with E-state index in [4.69, 9.17) is 13.5 Å². The summed E-state index contributed by atoms with van der Waals surface area (Å²) < 4.78 is 32.7. The van der Waals surface area contributed by atoms with Crippen molar-refractivity contribution in [2.24, 2.45) is 11.1 Å². The van der Waals surface area contributed by atoms with E-state index in [0.29, 0.717) is 22.7 Å². The minimum absolute atomic E-state index is 0.122. The average molecular weight is 758 g/mol. The molecule has 0 unspecified atom stereocenters. The van der Waals surface area contributed by atoms with E-state index < -0.39 is 18.8 Å². The summed E-state index contributed by atoms with van der Waals surface area (Å²) in [6.07, 6.45) is 2.84. The Labute approximate surface area is 227 Å². The number of ketones is 2. The van der Waals surface area contributed by atoms with Gasteiger partial charge in [-0.05, 0) is 63.5 Å². The molecule has 2 atom stereocenters. The minimum atomic E-state index is -4.08. The third kappa shape index (κ3) is 9.87. The second-order valence-electron chi connectivity index (χ2n) is 6.61. The number of carbonyl (C=O) groups is 2. The highest BCUT2D eigenvalue weighted by Crippen LogP contribution is 2.65. The van der Waals surface area contributed by atoms with Gasteiger partial charge in [0.2, 0.25) is 5.78 Å². The average Bonchev–Trinajstić information content (AvgIpc) is 3.25. The third-order valence-corrected chi connectivity index (χ3v) is 9.71. The van der Waals surface area contributed by atoms with E-state index in [1.807, 2.05) is 6.92 Å². The molecule has 0 saturated heterocycles. The minimum Gasteiger partial charge on any atom is -0.367 e. The molecule has 33 heavy (non-hydrogen) atoms. The fourth-order valence-corrected chi connectivity index (χ4v) is 6.51. The highest BCUT2D eigenvalue weighted by atomic mass is 127. The number of nitrogens with zero attached hydrogens (tertiary/aromatic N) is 2. The SMILES string of the molecule is CC[C@H](COS(N)(=O)=O)[C@H](CNc1ncncc1C(=O)c1cc(C(C)=O)cs1)OSP(I)I. The van der Waals surface area contributed by atoms with Crippen LogP contribution in [-0.4, -0.2) is 49.2 Å². The molecule has 0 bridgehead atoms. The Bertz CT molecular complexity index is 1070. The smallest absolute Gasteiger partial charge is 0.333 e. The topological polar surface area (TPSA) is 151 Å². The summed E-state index contributed by atoms with van der Waals surface area (Å²) in [7, 11) is -4.08. The van der Waals surface area contributed by atoms with Crippen LogP contribution in [0.15, 0.2) is 24.0 Å². The normalized spacial score (nSPS) is 13.6. The van der Waals surface area contributed by atoms with Gasteiger partial charge < -0.3 is 9.50 Å². The summed E-state index contributed by atoms with van der Waals surface area (Å²) in [5.41, 5.74) is 0.717. The molecular formula is C17H21I2N4O6PS3. The molecule has 0 saturated carbocycles. The van der Waals surface area contributed by atoms with Crippen LogP contribution in [0.3, 0.4) is 0 Å². The van der Waals surface area contributed by atoms with Gasteiger partial charge in [0.25, 0.3) is 0 Å². The van der Waals surface area contributed by atoms with Gasteiger partial charge in [-0.3, -0.25) is 13.8 Å². The molecule has 0 aromatic carbocycles. The van der Waals surface area contributed by atoms with Crippen molar-refractivity contribution in [3.8, 4) is 0 Å². The summed E-state index contributed by atoms with van der Waals surface area (Å²) in [6.45, 7) is 3.42. The number of hydrogen-bond donors (Lipinski definition) is 2. The molecule has 0 amide bonds. The summed E-state index contributed by atoms with van der Waals surface area (Å²) in [4.78, 5) is 33.1. The highest BCUT2D eigenvalue weighted by Gasteiger charge is 2.26. The molecule has 2 aromatic rings. The van der Waals surface area contributed by atoms with E-state index in [1.54, 1.807) is 11.4 Å². The summed E-state index contributed by atoms with van der Waals surface area (Å²) >= 11 is 6.96. The van der Waals surface area contributed by atoms with Crippen LogP contribution in [0.5, 0.6) is 0 Å². The van der Waals surface area contributed by atoms with E-state index in [2.05, 4.69) is 59.4 Å². The van der Waals surface area contributed by atoms with E-state index in [9.17, 15) is 18.0 Å². The summed E-state index contributed by atoms with van der Waals surface area (Å²) in [5, 5.41) is 9.73. The Morgan fingerprint density at radius 3 is 2.70 bits per heavy atom. The van der Waals surface area contributed by atoms with Crippen LogP contribution >= 0.6 is 69.5 Å². The van der Waals surface area contributed by atoms with Crippen molar-refractivity contribution in [1.29, 1.82) is 0 Å². The van der Waals surface area contributed by atoms with E-state index in [-0.39, 0.29) is 36.2 Å². The number of anilines is 1. The van der Waals surface area contributed by atoms with E-state index in [0.717, 1.165) is 0 Å². The predicted octanol–water partition coefficient (Wildman–Crippen LogP) is 4.76. The Hall–Kier alpha value is -0.01000. The van der Waals surface area contributed by atoms with Gasteiger partial charge in [-0.1, -0.05) is 6.92 Å². The molecule has 0 aliphatic carbocycles. The zero-order chi connectivity index (χ0) is 24.6. The Balaban J connectivity index is 2.20. The van der Waals surface area contributed by atoms with E-state index in [1.165, 1.54) is 42.4 Å². The molecule has 2 heterocycles. The second kappa shape index (κ2) is 13.9. The molecule has 2 aromatic heterocycles. The number of nitrogens with two attached hydrogens (primary N) is 1. The zero-order valence-corrected chi connectivity index (χ0v) is 25.1. The maximum absolute atomic E-state index is 13.0. The molecule has 0 radical (unpaired) electrons. The summed E-state index contributed by atoms with van der Waals surface area (Å²) in [5.74, 6) is -0.416. The number of aromatic nitrogens is 2. The van der Waals surface area contributed by atoms with E-state index >= 15 is 0 Å². The van der Waals surface area contributed by atoms with Gasteiger partial charge in [-0.2, -0.15) is 8.42 Å². The standard InChI is InChI=1S/C17H21I2N4O6PS3/c1-3-11(7-28-33(20,26)27)14(29-32-30(18)19)6-22-17-13(5-21-9-23-17)16(25)15-4-12(8-31-15)10(2)24/h4-5,8-9,11,14H,3,6-7H2,1-2H3,(H2,20,26,27)(H,21,22,23)/t11-,14+/m1/s1. The molecule has 0 aliphatic rings. The van der Waals surface area contributed by atoms with Crippen molar-refractivity contribution >= 4 is 97.2 Å². The molecule has 0 aliphatic heterocycles. The number of hydrogen-bond acceptors (Lipinski definition) is 11. The van der Waals surface area contributed by atoms with Crippen LogP contribution in [0, 0.1) is 5.92 Å². The largest absolute Gasteiger partial charge is 0.367 e. The maximum Gasteiger partial charge on any atom is 0.333 e. The van der Waals surface area contributed by atoms with Gasteiger partial charge in [0.15, 0.2) is 5.78 Å². The van der Waals surface area contributed by atoms with Crippen LogP contribution in [0.2, 0.25) is 0 Å². The van der Waals surface area contributed by atoms with Crippen LogP contribution in [0.25, 0.3) is 0 Å². The maximum atomic E-state index is 13.0. The van der Waals surface area contributed by atoms with Crippen molar-refractivity contribution in [3.05, 3.63) is 40.0 Å². The first-order valence-electron chi connectivity index (χ1n) is 9.32. The Kier molecular flexibility index (Phi) is 12.3. The molecule has 0 spiro atoms. The molecule has 10 nitrogen and oxygen atoms in total. The van der Waals surface area contributed by atoms with Crippen LogP contribution in [0.4, 0.5) is 5.82 Å². The van der Waals surface area contributed by atoms with Crippen LogP contribution in [-0.2, 0) is 18.7 Å². The number of carbonyl (C=O) groups excluding carboxylic acids is 2. The first-order valence-corrected chi connectivity index (χ1v) is 19.9. The lowest BCUT2D eigenvalue weighted by Crippen LogP contribution is -2.34. The van der Waals surface area contributed by atoms with Gasteiger partial charge >= 0.3 is 10.3 Å². The van der Waals surface area contributed by atoms with Crippen molar-refractivity contribution in [1.82, 2.24) is 9.97 Å². The quantitative estimate of drug-likeness (QED) is 0.120. The predicted molar refractivity (Wildman–Crippen MR) is 149 cm³/mol. The van der Waals surface area contributed by atoms with Gasteiger partial charge in [0.1, 0.15) is 14.6 Å². The molecule has 2 rings (SSSR count). The number of nitrogens with one attached hydrogen (secondary N) is 1. The van der Waals surface area contributed by atoms with Gasteiger partial charge in [-0.15, -0.1) is 11.3 Å². The lowest BCUT2D eigenvalue weighted by Gasteiger charge is -2.26. The van der Waals surface area contributed by atoms with Crippen LogP contribution < -0.4 is 10.5 Å². The molecule has 0 fully saturated rings. The first-order chi connectivity index (χ1) is 15.5. The summed E-state index contributed by atoms with van der Waals surface area (Å²) in [6, 6.07) is 1.55. The fourth-order valence-electron chi connectivity index (χ4n) is 2.64. The fraction of sp³-hybridized carbons (Fsp3) is 0.412. The lowest BCUT2D eigenvalue weighted by atomic mass is 10.0. The Morgan fingerprint density at radius 1 is 1.39 bits per heavy atom. The van der Waals surface area contributed by atoms with Gasteiger partial charge in [-0.25, -0.2) is 15.1 Å². The monoisotopic (exact) mass is 758 g/mol. The van der Waals surface area contributed by atoms with Crippen molar-refractivity contribution in [2.75, 3.05) is 18.5 Å². The number of rotatable bonds is 14. The zero-order valence-electron chi connectivity index (χ0n) is 17.4. The van der Waals surface area contributed by atoms with Crippen LogP contribution in [0.1, 0.15) is 45.9 Å². The first kappa shape index (κ1) is 29.2. The molecular weight excluding hydrogens is 737 g/mol. The lowest BCUT2D eigenvalue weighted by molar-refractivity contribution is 0.101. The second-order valence-corrected chi connectivity index (χ2v) is 26.3. The number of halogens is 2. The molecule has 182 valence electrons. The Morgan fingerprint density at radius 2 is 2.12 bits per heavy atom. The van der Waals surface area contributed by atoms with Crippen molar-refractivity contribution in [3.63, 3.8) is 0 Å². The number of Topliss-reactive ketones (excluding diaryl/α,β-unsaturated/α-hetero) is 1.